The number of likely N-dealkylation sites (N-methyl/N-ethyl adjacent to an activating group) is 1. The summed E-state index contributed by atoms with van der Waals surface area (Å²) in [6, 6.07) is -0.376. The second-order valence-corrected chi connectivity index (χ2v) is 2.45. The lowest BCUT2D eigenvalue weighted by Gasteiger charge is -2.28. The summed E-state index contributed by atoms with van der Waals surface area (Å²) in [4.78, 5) is 12.7. The summed E-state index contributed by atoms with van der Waals surface area (Å²) in [5.74, 6) is -0.0197. The number of carbonyl (C=O) groups excluding carboxylic acids is 1. The van der Waals surface area contributed by atoms with E-state index in [1.165, 1.54) is 0 Å². The third kappa shape index (κ3) is 2.32. The maximum Gasteiger partial charge on any atom is 0.241 e. The lowest BCUT2D eigenvalue weighted by molar-refractivity contribution is -0.135. The smallest absolute Gasteiger partial charge is 0.241 e. The number of carbonyl (C=O) groups is 1. The Hall–Kier alpha value is -0.320. The molecule has 11 heavy (non-hydrogen) atoms. The maximum absolute atomic E-state index is 11.1. The topological polar surface area (TPSA) is 52.6 Å². The van der Waals surface area contributed by atoms with Crippen LogP contribution >= 0.6 is 12.4 Å². The van der Waals surface area contributed by atoms with Crippen molar-refractivity contribution in [1.29, 1.82) is 0 Å². The highest BCUT2D eigenvalue weighted by Crippen LogP contribution is 1.96. The van der Waals surface area contributed by atoms with Crippen molar-refractivity contribution in [3.8, 4) is 0 Å². The Balaban J connectivity index is 0.000001000. The van der Waals surface area contributed by atoms with Crippen LogP contribution in [0.1, 0.15) is 0 Å². The van der Waals surface area contributed by atoms with Gasteiger partial charge in [0.15, 0.2) is 0 Å². The molecule has 5 heteroatoms. The first kappa shape index (κ1) is 10.7. The maximum atomic E-state index is 11.1. The Bertz CT molecular complexity index is 143. The van der Waals surface area contributed by atoms with Crippen molar-refractivity contribution in [2.24, 2.45) is 0 Å². The van der Waals surface area contributed by atoms with E-state index in [-0.39, 0.29) is 31.0 Å². The van der Waals surface area contributed by atoms with Gasteiger partial charge in [-0.2, -0.15) is 0 Å². The third-order valence-electron chi connectivity index (χ3n) is 1.69. The molecule has 1 saturated heterocycles. The first-order valence-electron chi connectivity index (χ1n) is 3.35. The number of aliphatic hydroxyl groups is 1. The zero-order chi connectivity index (χ0) is 7.56. The van der Waals surface area contributed by atoms with Gasteiger partial charge in [-0.25, -0.2) is 0 Å². The van der Waals surface area contributed by atoms with Crippen LogP contribution in [0.4, 0.5) is 0 Å². The number of nitrogens with zero attached hydrogens (tertiary/aromatic N) is 1. The molecule has 1 aliphatic heterocycles. The van der Waals surface area contributed by atoms with Crippen LogP contribution in [0, 0.1) is 0 Å². The van der Waals surface area contributed by atoms with Crippen LogP contribution in [-0.4, -0.2) is 48.7 Å². The molecule has 66 valence electrons. The highest BCUT2D eigenvalue weighted by atomic mass is 35.5. The molecule has 1 heterocycles. The van der Waals surface area contributed by atoms with E-state index in [0.717, 1.165) is 13.1 Å². The average Bonchev–Trinajstić information content (AvgIpc) is 1.95. The molecule has 0 bridgehead atoms. The third-order valence-corrected chi connectivity index (χ3v) is 1.69. The Labute approximate surface area is 72.0 Å². The van der Waals surface area contributed by atoms with Crippen molar-refractivity contribution in [3.63, 3.8) is 0 Å². The molecule has 0 saturated carbocycles. The van der Waals surface area contributed by atoms with Crippen LogP contribution < -0.4 is 5.32 Å². The molecule has 0 spiro atoms. The number of amides is 1. The van der Waals surface area contributed by atoms with Gasteiger partial charge in [-0.15, -0.1) is 12.4 Å². The van der Waals surface area contributed by atoms with Crippen LogP contribution in [0.2, 0.25) is 0 Å². The van der Waals surface area contributed by atoms with E-state index in [1.54, 1.807) is 11.9 Å². The summed E-state index contributed by atoms with van der Waals surface area (Å²) >= 11 is 0. The Morgan fingerprint density at radius 3 is 2.91 bits per heavy atom. The summed E-state index contributed by atoms with van der Waals surface area (Å²) in [5.41, 5.74) is 0. The minimum absolute atomic E-state index is 0. The van der Waals surface area contributed by atoms with E-state index in [1.807, 2.05) is 0 Å². The molecular weight excluding hydrogens is 168 g/mol. The first-order chi connectivity index (χ1) is 4.75. The molecule has 0 aromatic heterocycles. The Morgan fingerprint density at radius 2 is 2.45 bits per heavy atom. The zero-order valence-electron chi connectivity index (χ0n) is 6.41. The molecule has 1 amide bonds. The van der Waals surface area contributed by atoms with E-state index < -0.39 is 0 Å². The molecule has 1 atom stereocenters. The monoisotopic (exact) mass is 180 g/mol. The summed E-state index contributed by atoms with van der Waals surface area (Å²) in [7, 11) is 1.74. The number of aliphatic hydroxyl groups excluding tert-OH is 1. The Kier molecular flexibility index (Phi) is 4.40. The number of hydrogen-bond acceptors (Lipinski definition) is 3. The fraction of sp³-hybridized carbons (Fsp3) is 0.833. The fourth-order valence-corrected chi connectivity index (χ4v) is 1.01. The van der Waals surface area contributed by atoms with Crippen LogP contribution in [0.5, 0.6) is 0 Å². The second-order valence-electron chi connectivity index (χ2n) is 2.45. The summed E-state index contributed by atoms with van der Waals surface area (Å²) in [6.07, 6.45) is 0. The Morgan fingerprint density at radius 1 is 1.82 bits per heavy atom. The predicted molar refractivity (Wildman–Crippen MR) is 43.8 cm³/mol. The van der Waals surface area contributed by atoms with Crippen molar-refractivity contribution in [2.75, 3.05) is 26.7 Å². The van der Waals surface area contributed by atoms with Gasteiger partial charge in [0.25, 0.3) is 0 Å². The van der Waals surface area contributed by atoms with Crippen molar-refractivity contribution in [2.45, 2.75) is 6.04 Å². The van der Waals surface area contributed by atoms with E-state index >= 15 is 0 Å². The molecule has 0 aromatic rings. The van der Waals surface area contributed by atoms with Crippen LogP contribution in [-0.2, 0) is 4.79 Å². The predicted octanol–water partition coefficient (Wildman–Crippen LogP) is -1.17. The molecule has 1 aliphatic rings. The largest absolute Gasteiger partial charge is 0.394 e. The molecule has 0 aromatic carbocycles. The average molecular weight is 181 g/mol. The van der Waals surface area contributed by atoms with Crippen molar-refractivity contribution < 1.29 is 9.90 Å². The fourth-order valence-electron chi connectivity index (χ4n) is 1.01. The molecule has 1 rings (SSSR count). The van der Waals surface area contributed by atoms with E-state index in [9.17, 15) is 4.79 Å². The summed E-state index contributed by atoms with van der Waals surface area (Å²) in [5, 5.41) is 11.6. The van der Waals surface area contributed by atoms with Crippen LogP contribution in [0.3, 0.4) is 0 Å². The van der Waals surface area contributed by atoms with Gasteiger partial charge in [-0.05, 0) is 0 Å². The first-order valence-corrected chi connectivity index (χ1v) is 3.35. The lowest BCUT2D eigenvalue weighted by atomic mass is 10.2. The molecule has 2 N–H and O–H groups in total. The summed E-state index contributed by atoms with van der Waals surface area (Å²) in [6.45, 7) is 1.39. The molecule has 0 aliphatic carbocycles. The van der Waals surface area contributed by atoms with Gasteiger partial charge in [0.05, 0.1) is 6.61 Å². The minimum Gasteiger partial charge on any atom is -0.394 e. The van der Waals surface area contributed by atoms with E-state index in [2.05, 4.69) is 5.32 Å². The SMILES string of the molecule is CN1CCNC(CO)C1=O.Cl. The van der Waals surface area contributed by atoms with Crippen molar-refractivity contribution >= 4 is 18.3 Å². The van der Waals surface area contributed by atoms with Gasteiger partial charge in [-0.1, -0.05) is 0 Å². The summed E-state index contributed by atoms with van der Waals surface area (Å²) < 4.78 is 0. The molecule has 1 fully saturated rings. The normalized spacial score (nSPS) is 24.7. The number of nitrogens with one attached hydrogen (secondary N) is 1. The standard InChI is InChI=1S/C6H12N2O2.ClH/c1-8-3-2-7-5(4-9)6(8)10;/h5,7,9H,2-4H2,1H3;1H. The highest BCUT2D eigenvalue weighted by Gasteiger charge is 2.24. The van der Waals surface area contributed by atoms with Gasteiger partial charge >= 0.3 is 0 Å². The highest BCUT2D eigenvalue weighted by molar-refractivity contribution is 5.85. The second kappa shape index (κ2) is 4.54. The molecule has 4 nitrogen and oxygen atoms in total. The van der Waals surface area contributed by atoms with Gasteiger partial charge in [0, 0.05) is 20.1 Å². The quantitative estimate of drug-likeness (QED) is 0.535. The van der Waals surface area contributed by atoms with Crippen LogP contribution in [0.15, 0.2) is 0 Å². The lowest BCUT2D eigenvalue weighted by Crippen LogP contribution is -2.54. The number of hydrogen-bond donors (Lipinski definition) is 2. The number of rotatable bonds is 1. The molecule has 0 radical (unpaired) electrons. The van der Waals surface area contributed by atoms with Crippen molar-refractivity contribution in [1.82, 2.24) is 10.2 Å². The van der Waals surface area contributed by atoms with Crippen LogP contribution in [0.25, 0.3) is 0 Å². The number of piperazine rings is 1. The minimum atomic E-state index is -0.376. The molecular formula is C6H13ClN2O2. The van der Waals surface area contributed by atoms with E-state index in [0.29, 0.717) is 0 Å². The van der Waals surface area contributed by atoms with Gasteiger partial charge < -0.3 is 15.3 Å². The van der Waals surface area contributed by atoms with Crippen molar-refractivity contribution in [3.05, 3.63) is 0 Å². The number of halogens is 1. The van der Waals surface area contributed by atoms with Gasteiger partial charge in [-0.3, -0.25) is 4.79 Å². The molecule has 1 unspecified atom stereocenters. The zero-order valence-corrected chi connectivity index (χ0v) is 7.23. The van der Waals surface area contributed by atoms with Gasteiger partial charge in [0.2, 0.25) is 5.91 Å². The van der Waals surface area contributed by atoms with E-state index in [4.69, 9.17) is 5.11 Å². The van der Waals surface area contributed by atoms with Gasteiger partial charge in [0.1, 0.15) is 6.04 Å².